The summed E-state index contributed by atoms with van der Waals surface area (Å²) in [5.74, 6) is -1.79. The molecule has 0 unspecified atom stereocenters. The predicted octanol–water partition coefficient (Wildman–Crippen LogP) is 0.678. The summed E-state index contributed by atoms with van der Waals surface area (Å²) in [7, 11) is 0. The monoisotopic (exact) mass is 281 g/mol. The Morgan fingerprint density at radius 3 is 1.86 bits per heavy atom. The summed E-state index contributed by atoms with van der Waals surface area (Å²) in [6.45, 7) is 0. The van der Waals surface area contributed by atoms with Crippen LogP contribution in [0.3, 0.4) is 0 Å². The third kappa shape index (κ3) is 2.02. The van der Waals surface area contributed by atoms with Gasteiger partial charge in [-0.2, -0.15) is 0 Å². The number of hydrogen-bond acceptors (Lipinski definition) is 3. The van der Waals surface area contributed by atoms with Crippen LogP contribution in [0, 0.1) is 0 Å². The summed E-state index contributed by atoms with van der Waals surface area (Å²) >= 11 is 0. The first-order valence-electron chi connectivity index (χ1n) is 6.16. The second kappa shape index (κ2) is 4.45. The van der Waals surface area contributed by atoms with Crippen LogP contribution in [-0.4, -0.2) is 22.6 Å². The van der Waals surface area contributed by atoms with E-state index in [4.69, 9.17) is 11.5 Å². The average Bonchev–Trinajstić information content (AvgIpc) is 2.47. The van der Waals surface area contributed by atoms with Crippen molar-refractivity contribution < 1.29 is 14.4 Å². The highest BCUT2D eigenvalue weighted by Gasteiger charge is 2.30. The lowest BCUT2D eigenvalue weighted by molar-refractivity contribution is 0.0837. The molecular weight excluding hydrogens is 270 g/mol. The Bertz CT molecular complexity index is 743. The minimum Gasteiger partial charge on any atom is -0.366 e. The van der Waals surface area contributed by atoms with Crippen LogP contribution >= 0.6 is 0 Å². The molecule has 104 valence electrons. The van der Waals surface area contributed by atoms with Crippen LogP contribution in [-0.2, 0) is 0 Å². The molecule has 2 aliphatic heterocycles. The van der Waals surface area contributed by atoms with Crippen LogP contribution in [0.5, 0.6) is 0 Å². The van der Waals surface area contributed by atoms with Gasteiger partial charge < -0.3 is 11.5 Å². The molecule has 0 spiro atoms. The molecular formula is C15H11N3O3. The lowest BCUT2D eigenvalue weighted by Gasteiger charge is -2.34. The Balaban J connectivity index is 2.02. The first kappa shape index (κ1) is 12.9. The van der Waals surface area contributed by atoms with E-state index in [1.165, 1.54) is 23.1 Å². The first-order valence-corrected chi connectivity index (χ1v) is 6.16. The fourth-order valence-corrected chi connectivity index (χ4v) is 2.25. The highest BCUT2D eigenvalue weighted by atomic mass is 16.2. The molecule has 0 fully saturated rings. The van der Waals surface area contributed by atoms with E-state index < -0.39 is 11.8 Å². The molecule has 2 bridgehead atoms. The smallest absolute Gasteiger partial charge is 0.262 e. The summed E-state index contributed by atoms with van der Waals surface area (Å²) in [5.41, 5.74) is 12.3. The van der Waals surface area contributed by atoms with E-state index >= 15 is 0 Å². The Hall–Kier alpha value is -3.15. The maximum Gasteiger partial charge on any atom is 0.262 e. The Kier molecular flexibility index (Phi) is 2.72. The minimum absolute atomic E-state index is 0.0684. The molecule has 0 aromatic heterocycles. The number of rotatable bonds is 3. The molecule has 0 saturated carbocycles. The van der Waals surface area contributed by atoms with Crippen LogP contribution in [0.25, 0.3) is 0 Å². The lowest BCUT2D eigenvalue weighted by atomic mass is 9.99. The number of fused-ring (bicyclic) bond motifs is 2. The number of allylic oxidation sites excluding steroid dienone is 4. The number of carbonyl (C=O) groups excluding carboxylic acids is 3. The topological polar surface area (TPSA) is 106 Å². The van der Waals surface area contributed by atoms with Gasteiger partial charge >= 0.3 is 0 Å². The number of benzene rings is 1. The zero-order valence-corrected chi connectivity index (χ0v) is 10.9. The largest absolute Gasteiger partial charge is 0.366 e. The van der Waals surface area contributed by atoms with E-state index in [9.17, 15) is 14.4 Å². The number of amides is 3. The van der Waals surface area contributed by atoms with E-state index in [1.54, 1.807) is 12.2 Å². The van der Waals surface area contributed by atoms with Crippen molar-refractivity contribution in [3.05, 3.63) is 70.6 Å². The summed E-state index contributed by atoms with van der Waals surface area (Å²) in [4.78, 5) is 36.6. The number of nitrogens with two attached hydrogens (primary N) is 2. The maximum absolute atomic E-state index is 12.5. The normalized spacial score (nSPS) is 15.0. The van der Waals surface area contributed by atoms with Gasteiger partial charge in [0.05, 0.1) is 11.4 Å². The van der Waals surface area contributed by atoms with E-state index in [0.29, 0.717) is 0 Å². The molecule has 2 aliphatic rings. The molecule has 0 saturated heterocycles. The van der Waals surface area contributed by atoms with Crippen molar-refractivity contribution >= 4 is 17.7 Å². The standard InChI is InChI=1S/C15H11N3O3/c16-13(19)8-4-9(14(17)20)6-10(5-8)15(21)18-11-2-1-3-12(18)7-11/h1-7H,(H2,16,19)(H2,17,20). The van der Waals surface area contributed by atoms with Crippen LogP contribution in [0.2, 0.25) is 0 Å². The molecule has 3 amide bonds. The third-order valence-electron chi connectivity index (χ3n) is 3.30. The van der Waals surface area contributed by atoms with Gasteiger partial charge in [-0.3, -0.25) is 19.3 Å². The lowest BCUT2D eigenvalue weighted by Crippen LogP contribution is -2.36. The van der Waals surface area contributed by atoms with Crippen molar-refractivity contribution in [1.82, 2.24) is 4.90 Å². The fourth-order valence-electron chi connectivity index (χ4n) is 2.25. The zero-order valence-electron chi connectivity index (χ0n) is 10.9. The van der Waals surface area contributed by atoms with Crippen molar-refractivity contribution in [2.24, 2.45) is 11.5 Å². The number of carbonyl (C=O) groups is 3. The second-order valence-corrected chi connectivity index (χ2v) is 4.69. The van der Waals surface area contributed by atoms with Gasteiger partial charge in [0.2, 0.25) is 11.8 Å². The Morgan fingerprint density at radius 1 is 0.857 bits per heavy atom. The van der Waals surface area contributed by atoms with E-state index in [2.05, 4.69) is 0 Å². The van der Waals surface area contributed by atoms with E-state index in [-0.39, 0.29) is 22.6 Å². The summed E-state index contributed by atoms with van der Waals surface area (Å²) < 4.78 is 0. The summed E-state index contributed by atoms with van der Waals surface area (Å²) in [5, 5.41) is 0. The van der Waals surface area contributed by atoms with Gasteiger partial charge in [-0.25, -0.2) is 0 Å². The van der Waals surface area contributed by atoms with Gasteiger partial charge in [0.15, 0.2) is 0 Å². The quantitative estimate of drug-likeness (QED) is 0.850. The number of primary amides is 2. The minimum atomic E-state index is -0.728. The fraction of sp³-hybridized carbons (Fsp3) is 0. The molecule has 21 heavy (non-hydrogen) atoms. The third-order valence-corrected chi connectivity index (χ3v) is 3.30. The summed E-state index contributed by atoms with van der Waals surface area (Å²) in [6, 6.07) is 3.99. The van der Waals surface area contributed by atoms with Gasteiger partial charge in [-0.05, 0) is 36.4 Å². The van der Waals surface area contributed by atoms with Crippen molar-refractivity contribution in [2.45, 2.75) is 0 Å². The highest BCUT2D eigenvalue weighted by molar-refractivity contribution is 6.05. The Labute approximate surface area is 120 Å². The first-order chi connectivity index (χ1) is 9.97. The van der Waals surface area contributed by atoms with Crippen LogP contribution < -0.4 is 11.5 Å². The van der Waals surface area contributed by atoms with Gasteiger partial charge in [-0.15, -0.1) is 0 Å². The van der Waals surface area contributed by atoms with Gasteiger partial charge in [0.1, 0.15) is 0 Å². The molecule has 1 aromatic rings. The molecule has 0 aliphatic carbocycles. The SMILES string of the molecule is NC(=O)c1cc(C(N)=O)cc(C(=O)N2c3cccc2c3)c1. The van der Waals surface area contributed by atoms with Crippen LogP contribution in [0.4, 0.5) is 0 Å². The van der Waals surface area contributed by atoms with Crippen LogP contribution in [0.15, 0.2) is 53.9 Å². The van der Waals surface area contributed by atoms with E-state index in [1.807, 2.05) is 12.2 Å². The molecule has 4 N–H and O–H groups in total. The van der Waals surface area contributed by atoms with Crippen molar-refractivity contribution in [3.63, 3.8) is 0 Å². The van der Waals surface area contributed by atoms with Gasteiger partial charge in [0.25, 0.3) is 5.91 Å². The highest BCUT2D eigenvalue weighted by Crippen LogP contribution is 2.32. The van der Waals surface area contributed by atoms with Gasteiger partial charge in [0, 0.05) is 16.7 Å². The zero-order chi connectivity index (χ0) is 15.1. The molecule has 2 heterocycles. The second-order valence-electron chi connectivity index (χ2n) is 4.69. The van der Waals surface area contributed by atoms with Gasteiger partial charge in [-0.1, -0.05) is 6.08 Å². The molecule has 0 radical (unpaired) electrons. The molecule has 3 rings (SSSR count). The van der Waals surface area contributed by atoms with Crippen molar-refractivity contribution in [1.29, 1.82) is 0 Å². The van der Waals surface area contributed by atoms with Crippen molar-refractivity contribution in [2.75, 3.05) is 0 Å². The van der Waals surface area contributed by atoms with E-state index in [0.717, 1.165) is 11.4 Å². The number of nitrogens with zero attached hydrogens (tertiary/aromatic N) is 1. The average molecular weight is 281 g/mol. The molecule has 6 nitrogen and oxygen atoms in total. The van der Waals surface area contributed by atoms with Crippen molar-refractivity contribution in [3.8, 4) is 0 Å². The molecule has 1 aromatic carbocycles. The molecule has 6 heteroatoms. The molecule has 0 atom stereocenters. The Morgan fingerprint density at radius 2 is 1.43 bits per heavy atom. The summed E-state index contributed by atoms with van der Waals surface area (Å²) in [6.07, 6.45) is 7.27. The maximum atomic E-state index is 12.5. The number of hydrogen-bond donors (Lipinski definition) is 2. The van der Waals surface area contributed by atoms with Crippen LogP contribution in [0.1, 0.15) is 31.1 Å². The predicted molar refractivity (Wildman–Crippen MR) is 75.0 cm³/mol.